The van der Waals surface area contributed by atoms with Gasteiger partial charge in [-0.05, 0) is 49.3 Å². The fourth-order valence-electron chi connectivity index (χ4n) is 3.89. The summed E-state index contributed by atoms with van der Waals surface area (Å²) >= 11 is 0. The Morgan fingerprint density at radius 3 is 2.68 bits per heavy atom. The van der Waals surface area contributed by atoms with E-state index in [1.54, 1.807) is 24.3 Å². The van der Waals surface area contributed by atoms with Crippen LogP contribution in [-0.4, -0.2) is 17.9 Å². The van der Waals surface area contributed by atoms with Crippen LogP contribution in [0, 0.1) is 5.41 Å². The summed E-state index contributed by atoms with van der Waals surface area (Å²) in [4.78, 5) is 24.8. The monoisotopic (exact) mass is 298 g/mol. The number of carbonyl (C=O) groups excluding carboxylic acids is 2. The molecule has 116 valence electrons. The number of ketones is 1. The van der Waals surface area contributed by atoms with Gasteiger partial charge in [0.2, 0.25) is 0 Å². The van der Waals surface area contributed by atoms with Gasteiger partial charge in [-0.25, -0.2) is 4.79 Å². The highest BCUT2D eigenvalue weighted by Gasteiger charge is 2.44. The third kappa shape index (κ3) is 2.60. The van der Waals surface area contributed by atoms with Gasteiger partial charge in [-0.1, -0.05) is 37.1 Å². The Kier molecular flexibility index (Phi) is 3.90. The van der Waals surface area contributed by atoms with Crippen LogP contribution < -0.4 is 0 Å². The fourth-order valence-corrected chi connectivity index (χ4v) is 3.89. The molecule has 0 amide bonds. The lowest BCUT2D eigenvalue weighted by atomic mass is 9.63. The minimum Gasteiger partial charge on any atom is -0.450 e. The van der Waals surface area contributed by atoms with Crippen LogP contribution >= 0.6 is 0 Å². The first kappa shape index (κ1) is 15.0. The van der Waals surface area contributed by atoms with Crippen LogP contribution in [0.4, 0.5) is 0 Å². The predicted octanol–water partition coefficient (Wildman–Crippen LogP) is 4.08. The minimum absolute atomic E-state index is 0.0118. The number of esters is 1. The Labute approximate surface area is 131 Å². The molecule has 0 spiro atoms. The molecule has 0 saturated heterocycles. The molecule has 0 bridgehead atoms. The predicted molar refractivity (Wildman–Crippen MR) is 84.5 cm³/mol. The molecule has 0 radical (unpaired) electrons. The molecule has 1 unspecified atom stereocenters. The molecule has 2 aliphatic carbocycles. The number of ether oxygens (including phenoxy) is 1. The molecule has 1 aromatic rings. The maximum Gasteiger partial charge on any atom is 0.338 e. The zero-order valence-corrected chi connectivity index (χ0v) is 13.2. The van der Waals surface area contributed by atoms with Crippen LogP contribution in [-0.2, 0) is 9.53 Å². The van der Waals surface area contributed by atoms with Crippen LogP contribution in [0.5, 0.6) is 0 Å². The van der Waals surface area contributed by atoms with Gasteiger partial charge in [0.05, 0.1) is 5.56 Å². The molecule has 3 rings (SSSR count). The lowest BCUT2D eigenvalue weighted by molar-refractivity contribution is -0.127. The smallest absolute Gasteiger partial charge is 0.338 e. The van der Waals surface area contributed by atoms with E-state index >= 15 is 0 Å². The molecule has 2 aliphatic rings. The Morgan fingerprint density at radius 2 is 1.95 bits per heavy atom. The molecule has 0 N–H and O–H groups in total. The number of fused-ring (bicyclic) bond motifs is 1. The number of rotatable bonds is 2. The van der Waals surface area contributed by atoms with E-state index in [0.717, 1.165) is 24.8 Å². The molecular weight excluding hydrogens is 276 g/mol. The Hall–Kier alpha value is -1.90. The summed E-state index contributed by atoms with van der Waals surface area (Å²) in [6.07, 6.45) is 4.40. The van der Waals surface area contributed by atoms with Gasteiger partial charge in [0.1, 0.15) is 0 Å². The average Bonchev–Trinajstić information content (AvgIpc) is 2.53. The van der Waals surface area contributed by atoms with E-state index in [2.05, 4.69) is 6.92 Å². The van der Waals surface area contributed by atoms with Crippen molar-refractivity contribution in [1.82, 2.24) is 0 Å². The zero-order valence-electron chi connectivity index (χ0n) is 13.2. The SMILES string of the molecule is CC1=C2CCCC[C@@]2(C)CC(OC(=O)c2ccccc2)C1=O. The summed E-state index contributed by atoms with van der Waals surface area (Å²) in [6, 6.07) is 8.87. The number of benzene rings is 1. The molecule has 1 saturated carbocycles. The first-order valence-corrected chi connectivity index (χ1v) is 8.02. The zero-order chi connectivity index (χ0) is 15.7. The van der Waals surface area contributed by atoms with Gasteiger partial charge in [-0.15, -0.1) is 0 Å². The van der Waals surface area contributed by atoms with E-state index in [9.17, 15) is 9.59 Å². The van der Waals surface area contributed by atoms with E-state index in [0.29, 0.717) is 12.0 Å². The number of Topliss-reactive ketones (excluding diaryl/α,β-unsaturated/α-hetero) is 1. The van der Waals surface area contributed by atoms with Gasteiger partial charge < -0.3 is 4.74 Å². The topological polar surface area (TPSA) is 43.4 Å². The minimum atomic E-state index is -0.639. The standard InChI is InChI=1S/C19H22O3/c1-13-15-10-6-7-11-19(15,2)12-16(17(13)20)22-18(21)14-8-4-3-5-9-14/h3-5,8-9,16H,6-7,10-12H2,1-2H3/t16?,19-/m0/s1. The molecule has 22 heavy (non-hydrogen) atoms. The van der Waals surface area contributed by atoms with Gasteiger partial charge in [0, 0.05) is 6.42 Å². The van der Waals surface area contributed by atoms with Crippen molar-refractivity contribution in [3.63, 3.8) is 0 Å². The third-order valence-corrected chi connectivity index (χ3v) is 5.14. The molecular formula is C19H22O3. The van der Waals surface area contributed by atoms with Crippen molar-refractivity contribution in [3.05, 3.63) is 47.0 Å². The highest BCUT2D eigenvalue weighted by Crippen LogP contribution is 2.49. The summed E-state index contributed by atoms with van der Waals surface area (Å²) in [5, 5.41) is 0. The van der Waals surface area contributed by atoms with Crippen LogP contribution in [0.1, 0.15) is 56.3 Å². The second-order valence-electron chi connectivity index (χ2n) is 6.70. The largest absolute Gasteiger partial charge is 0.450 e. The van der Waals surface area contributed by atoms with E-state index in [1.807, 2.05) is 13.0 Å². The number of hydrogen-bond donors (Lipinski definition) is 0. The normalized spacial score (nSPS) is 28.3. The Bertz CT molecular complexity index is 629. The van der Waals surface area contributed by atoms with E-state index in [1.165, 1.54) is 12.0 Å². The molecule has 0 aliphatic heterocycles. The van der Waals surface area contributed by atoms with E-state index in [4.69, 9.17) is 4.74 Å². The van der Waals surface area contributed by atoms with Crippen molar-refractivity contribution in [1.29, 1.82) is 0 Å². The maximum absolute atomic E-state index is 12.6. The molecule has 0 heterocycles. The van der Waals surface area contributed by atoms with Gasteiger partial charge in [0.15, 0.2) is 11.9 Å². The number of carbonyl (C=O) groups is 2. The molecule has 3 nitrogen and oxygen atoms in total. The first-order valence-electron chi connectivity index (χ1n) is 8.02. The quantitative estimate of drug-likeness (QED) is 0.773. The van der Waals surface area contributed by atoms with Gasteiger partial charge in [0.25, 0.3) is 0 Å². The molecule has 3 heteroatoms. The van der Waals surface area contributed by atoms with Crippen molar-refractivity contribution >= 4 is 11.8 Å². The van der Waals surface area contributed by atoms with Crippen molar-refractivity contribution < 1.29 is 14.3 Å². The van der Waals surface area contributed by atoms with Crippen molar-refractivity contribution in [2.45, 2.75) is 52.1 Å². The third-order valence-electron chi connectivity index (χ3n) is 5.14. The highest BCUT2D eigenvalue weighted by molar-refractivity contribution is 6.02. The maximum atomic E-state index is 12.6. The van der Waals surface area contributed by atoms with Gasteiger partial charge >= 0.3 is 5.97 Å². The van der Waals surface area contributed by atoms with Crippen LogP contribution in [0.25, 0.3) is 0 Å². The lowest BCUT2D eigenvalue weighted by Crippen LogP contribution is -2.41. The molecule has 0 aromatic heterocycles. The van der Waals surface area contributed by atoms with E-state index < -0.39 is 12.1 Å². The summed E-state index contributed by atoms with van der Waals surface area (Å²) < 4.78 is 5.55. The van der Waals surface area contributed by atoms with Crippen LogP contribution in [0.2, 0.25) is 0 Å². The number of hydrogen-bond acceptors (Lipinski definition) is 3. The summed E-state index contributed by atoms with van der Waals surface area (Å²) in [5.41, 5.74) is 2.62. The fraction of sp³-hybridized carbons (Fsp3) is 0.474. The summed E-state index contributed by atoms with van der Waals surface area (Å²) in [7, 11) is 0. The van der Waals surface area contributed by atoms with Crippen molar-refractivity contribution in [2.24, 2.45) is 5.41 Å². The Balaban J connectivity index is 1.82. The van der Waals surface area contributed by atoms with Crippen LogP contribution in [0.3, 0.4) is 0 Å². The van der Waals surface area contributed by atoms with Crippen LogP contribution in [0.15, 0.2) is 41.5 Å². The molecule has 1 aromatic carbocycles. The second kappa shape index (κ2) is 5.71. The highest BCUT2D eigenvalue weighted by atomic mass is 16.5. The first-order chi connectivity index (χ1) is 10.5. The van der Waals surface area contributed by atoms with Gasteiger partial charge in [-0.3, -0.25) is 4.79 Å². The van der Waals surface area contributed by atoms with E-state index in [-0.39, 0.29) is 11.2 Å². The average molecular weight is 298 g/mol. The number of allylic oxidation sites excluding steroid dienone is 1. The Morgan fingerprint density at radius 1 is 1.23 bits per heavy atom. The summed E-state index contributed by atoms with van der Waals surface area (Å²) in [6.45, 7) is 4.10. The lowest BCUT2D eigenvalue weighted by Gasteiger charge is -2.43. The molecule has 2 atom stereocenters. The van der Waals surface area contributed by atoms with Crippen molar-refractivity contribution in [3.8, 4) is 0 Å². The second-order valence-corrected chi connectivity index (χ2v) is 6.70. The van der Waals surface area contributed by atoms with Crippen molar-refractivity contribution in [2.75, 3.05) is 0 Å². The summed E-state index contributed by atoms with van der Waals surface area (Å²) in [5.74, 6) is -0.423. The van der Waals surface area contributed by atoms with Gasteiger partial charge in [-0.2, -0.15) is 0 Å². The molecule has 1 fully saturated rings.